The van der Waals surface area contributed by atoms with E-state index in [4.69, 9.17) is 20.9 Å². The van der Waals surface area contributed by atoms with Crippen molar-refractivity contribution in [3.63, 3.8) is 0 Å². The third-order valence-corrected chi connectivity index (χ3v) is 6.30. The fourth-order valence-corrected chi connectivity index (χ4v) is 4.70. The van der Waals surface area contributed by atoms with Crippen LogP contribution in [0.2, 0.25) is 0 Å². The van der Waals surface area contributed by atoms with Crippen LogP contribution in [-0.4, -0.2) is 64.4 Å². The number of rotatable bonds is 4. The van der Waals surface area contributed by atoms with Gasteiger partial charge >= 0.3 is 5.63 Å². The maximum absolute atomic E-state index is 11.8. The van der Waals surface area contributed by atoms with Crippen LogP contribution in [0.5, 0.6) is 0 Å². The summed E-state index contributed by atoms with van der Waals surface area (Å²) < 4.78 is 5.37. The summed E-state index contributed by atoms with van der Waals surface area (Å²) in [6.45, 7) is 4.28. The Hall–Kier alpha value is -3.28. The van der Waals surface area contributed by atoms with E-state index in [1.54, 1.807) is 6.07 Å². The number of fused-ring (bicyclic) bond motifs is 1. The van der Waals surface area contributed by atoms with Gasteiger partial charge in [0.1, 0.15) is 5.58 Å². The van der Waals surface area contributed by atoms with Crippen molar-refractivity contribution in [1.82, 2.24) is 15.0 Å². The van der Waals surface area contributed by atoms with Gasteiger partial charge in [0, 0.05) is 61.5 Å². The van der Waals surface area contributed by atoms with E-state index in [1.807, 2.05) is 28.9 Å². The predicted octanol–water partition coefficient (Wildman–Crippen LogP) is 0.856. The quantitative estimate of drug-likeness (QED) is 0.404. The third kappa shape index (κ3) is 4.81. The highest BCUT2D eigenvalue weighted by molar-refractivity contribution is 5.83. The molecule has 0 radical (unpaired) electrons. The third-order valence-electron chi connectivity index (χ3n) is 6.30. The van der Waals surface area contributed by atoms with E-state index < -0.39 is 11.7 Å². The average molecular weight is 467 g/mol. The number of hydrogen-bond acceptors (Lipinski definition) is 11. The fraction of sp³-hybridized carbons (Fsp3) is 0.478. The Morgan fingerprint density at radius 3 is 2.53 bits per heavy atom. The Morgan fingerprint density at radius 1 is 1.06 bits per heavy atom. The molecular formula is C23H30N8O3. The molecule has 4 heterocycles. The van der Waals surface area contributed by atoms with Gasteiger partial charge in [-0.2, -0.15) is 15.0 Å². The highest BCUT2D eigenvalue weighted by Gasteiger charge is 2.27. The molecule has 0 aliphatic carbocycles. The predicted molar refractivity (Wildman–Crippen MR) is 131 cm³/mol. The van der Waals surface area contributed by atoms with Gasteiger partial charge in [-0.15, -0.1) is 0 Å². The first kappa shape index (κ1) is 22.5. The highest BCUT2D eigenvalue weighted by Crippen LogP contribution is 2.26. The van der Waals surface area contributed by atoms with Gasteiger partial charge in [0.2, 0.25) is 17.8 Å². The average Bonchev–Trinajstić information content (AvgIpc) is 2.78. The number of piperidine rings is 2. The molecule has 0 unspecified atom stereocenters. The number of aliphatic hydroxyl groups is 1. The number of aromatic nitrogens is 3. The zero-order chi connectivity index (χ0) is 23.8. The van der Waals surface area contributed by atoms with Crippen LogP contribution in [-0.2, 0) is 0 Å². The van der Waals surface area contributed by atoms with Crippen molar-refractivity contribution in [2.24, 2.45) is 11.5 Å². The molecule has 2 aromatic heterocycles. The monoisotopic (exact) mass is 466 g/mol. The minimum absolute atomic E-state index is 0.0659. The van der Waals surface area contributed by atoms with E-state index in [2.05, 4.69) is 15.3 Å². The zero-order valence-corrected chi connectivity index (χ0v) is 19.1. The zero-order valence-electron chi connectivity index (χ0n) is 19.1. The highest BCUT2D eigenvalue weighted by atomic mass is 16.4. The number of anilines is 4. The molecule has 0 saturated carbocycles. The van der Waals surface area contributed by atoms with Crippen molar-refractivity contribution in [2.45, 2.75) is 44.4 Å². The van der Waals surface area contributed by atoms with Gasteiger partial charge < -0.3 is 36.1 Å². The van der Waals surface area contributed by atoms with E-state index >= 15 is 0 Å². The molecule has 5 rings (SSSR count). The first-order valence-electron chi connectivity index (χ1n) is 11.6. The summed E-state index contributed by atoms with van der Waals surface area (Å²) in [5, 5.41) is 14.3. The fourth-order valence-electron chi connectivity index (χ4n) is 4.70. The summed E-state index contributed by atoms with van der Waals surface area (Å²) in [6, 6.07) is 6.87. The van der Waals surface area contributed by atoms with E-state index in [1.165, 1.54) is 6.07 Å². The normalized spacial score (nSPS) is 23.4. The standard InChI is InChI=1S/C23H30N8O3/c1-13-7-20(33)34-19-9-16(4-5-18(13)19)26-21-27-22(30-6-2-3-17(32)12-30)29-23(28-21)31-10-14(24)8-15(25)11-31/h4-5,7,9,14-15,17,32H,2-3,6,8,10-12,24-25H2,1H3,(H,26,27,28,29)/t14-,15+,17-/m1/s1. The summed E-state index contributed by atoms with van der Waals surface area (Å²) >= 11 is 0. The van der Waals surface area contributed by atoms with Crippen molar-refractivity contribution in [1.29, 1.82) is 0 Å². The second kappa shape index (κ2) is 9.16. The molecule has 1 aromatic carbocycles. The van der Waals surface area contributed by atoms with Gasteiger partial charge in [-0.05, 0) is 43.9 Å². The Bertz CT molecular complexity index is 1240. The number of nitrogens with one attached hydrogen (secondary N) is 1. The number of nitrogens with two attached hydrogens (primary N) is 2. The SMILES string of the molecule is Cc1cc(=O)oc2cc(Nc3nc(N4C[C@H](N)C[C@H](N)C4)nc(N4CCC[C@@H](O)C4)n3)ccc12. The maximum Gasteiger partial charge on any atom is 0.336 e. The summed E-state index contributed by atoms with van der Waals surface area (Å²) in [5.74, 6) is 1.32. The molecule has 6 N–H and O–H groups in total. The molecule has 2 aliphatic heterocycles. The van der Waals surface area contributed by atoms with Crippen LogP contribution in [0.25, 0.3) is 11.0 Å². The van der Waals surface area contributed by atoms with Gasteiger partial charge in [0.25, 0.3) is 0 Å². The molecule has 3 atom stereocenters. The summed E-state index contributed by atoms with van der Waals surface area (Å²) in [6.07, 6.45) is 1.94. The second-order valence-corrected chi connectivity index (χ2v) is 9.25. The second-order valence-electron chi connectivity index (χ2n) is 9.25. The maximum atomic E-state index is 11.8. The lowest BCUT2D eigenvalue weighted by atomic mass is 10.0. The molecule has 0 amide bonds. The summed E-state index contributed by atoms with van der Waals surface area (Å²) in [7, 11) is 0. The molecule has 34 heavy (non-hydrogen) atoms. The van der Waals surface area contributed by atoms with E-state index in [0.29, 0.717) is 48.7 Å². The van der Waals surface area contributed by atoms with Crippen molar-refractivity contribution in [3.8, 4) is 0 Å². The lowest BCUT2D eigenvalue weighted by Gasteiger charge is -2.35. The Labute approximate surface area is 196 Å². The molecule has 0 bridgehead atoms. The van der Waals surface area contributed by atoms with Crippen LogP contribution in [0.3, 0.4) is 0 Å². The molecule has 3 aromatic rings. The minimum Gasteiger partial charge on any atom is -0.423 e. The summed E-state index contributed by atoms with van der Waals surface area (Å²) in [5.41, 5.74) is 14.0. The number of β-amino-alcohol motifs (C(OH)–C–C–N with tert-alkyl or cyclic N) is 1. The van der Waals surface area contributed by atoms with E-state index in [9.17, 15) is 9.90 Å². The van der Waals surface area contributed by atoms with Gasteiger partial charge in [-0.25, -0.2) is 4.79 Å². The number of hydrogen-bond donors (Lipinski definition) is 4. The van der Waals surface area contributed by atoms with Gasteiger partial charge in [-0.1, -0.05) is 0 Å². The smallest absolute Gasteiger partial charge is 0.336 e. The molecule has 11 nitrogen and oxygen atoms in total. The van der Waals surface area contributed by atoms with E-state index in [-0.39, 0.29) is 12.1 Å². The van der Waals surface area contributed by atoms with Crippen LogP contribution in [0.4, 0.5) is 23.5 Å². The largest absolute Gasteiger partial charge is 0.423 e. The molecule has 11 heteroatoms. The molecular weight excluding hydrogens is 436 g/mol. The first-order chi connectivity index (χ1) is 16.3. The lowest BCUT2D eigenvalue weighted by Crippen LogP contribution is -2.53. The van der Waals surface area contributed by atoms with E-state index in [0.717, 1.165) is 36.8 Å². The summed E-state index contributed by atoms with van der Waals surface area (Å²) in [4.78, 5) is 29.8. The van der Waals surface area contributed by atoms with Crippen LogP contribution in [0.15, 0.2) is 33.5 Å². The number of benzene rings is 1. The Morgan fingerprint density at radius 2 is 1.79 bits per heavy atom. The van der Waals surface area contributed by atoms with Gasteiger partial charge in [0.05, 0.1) is 6.10 Å². The van der Waals surface area contributed by atoms with Crippen molar-refractivity contribution in [2.75, 3.05) is 41.3 Å². The number of nitrogens with zero attached hydrogens (tertiary/aromatic N) is 5. The van der Waals surface area contributed by atoms with Gasteiger partial charge in [-0.3, -0.25) is 0 Å². The molecule has 2 fully saturated rings. The topological polar surface area (TPSA) is 160 Å². The van der Waals surface area contributed by atoms with Crippen molar-refractivity contribution < 1.29 is 9.52 Å². The van der Waals surface area contributed by atoms with Gasteiger partial charge in [0.15, 0.2) is 0 Å². The van der Waals surface area contributed by atoms with Crippen LogP contribution in [0, 0.1) is 6.92 Å². The molecule has 180 valence electrons. The number of aryl methyl sites for hydroxylation is 1. The van der Waals surface area contributed by atoms with Crippen molar-refractivity contribution >= 4 is 34.5 Å². The van der Waals surface area contributed by atoms with Crippen molar-refractivity contribution in [3.05, 3.63) is 40.2 Å². The number of aliphatic hydroxyl groups excluding tert-OH is 1. The molecule has 2 saturated heterocycles. The lowest BCUT2D eigenvalue weighted by molar-refractivity contribution is 0.153. The molecule has 2 aliphatic rings. The van der Waals surface area contributed by atoms with Crippen LogP contribution in [0.1, 0.15) is 24.8 Å². The van der Waals surface area contributed by atoms with Crippen LogP contribution < -0.4 is 32.2 Å². The first-order valence-corrected chi connectivity index (χ1v) is 11.6. The Balaban J connectivity index is 1.51. The van der Waals surface area contributed by atoms with Crippen LogP contribution >= 0.6 is 0 Å². The molecule has 0 spiro atoms. The Kier molecular flexibility index (Phi) is 6.07. The minimum atomic E-state index is -0.422.